The van der Waals surface area contributed by atoms with Gasteiger partial charge in [0.05, 0.1) is 13.2 Å². The number of thioether (sulfide) groups is 2. The van der Waals surface area contributed by atoms with Gasteiger partial charge in [0.1, 0.15) is 12.2 Å². The summed E-state index contributed by atoms with van der Waals surface area (Å²) in [4.78, 5) is 39.3. The molecule has 0 aromatic heterocycles. The summed E-state index contributed by atoms with van der Waals surface area (Å²) < 4.78 is 21.9. The summed E-state index contributed by atoms with van der Waals surface area (Å²) in [6.45, 7) is 24.0. The van der Waals surface area contributed by atoms with Crippen LogP contribution in [0.4, 0.5) is 14.4 Å². The van der Waals surface area contributed by atoms with Crippen LogP contribution >= 0.6 is 23.5 Å². The van der Waals surface area contributed by atoms with Gasteiger partial charge in [-0.2, -0.15) is 0 Å². The minimum Gasteiger partial charge on any atom is -0.458 e. The van der Waals surface area contributed by atoms with Gasteiger partial charge >= 0.3 is 16.8 Å². The van der Waals surface area contributed by atoms with Gasteiger partial charge in [-0.1, -0.05) is 53.7 Å². The topological polar surface area (TPSA) is 88.1 Å². The molecule has 42 heavy (non-hydrogen) atoms. The molecule has 2 rings (SSSR count). The molecule has 0 aliphatic rings. The van der Waals surface area contributed by atoms with Gasteiger partial charge in [-0.05, 0) is 110 Å². The zero-order valence-electron chi connectivity index (χ0n) is 27.1. The SMILES string of the molecule is CCOC(=O)Sc1cc(C(C)(C)C)cc(C)c1C(C)OC(=O)OC(C)c1c(C)cc(C(C)(C)C)cc1SC(=O)OCC. The summed E-state index contributed by atoms with van der Waals surface area (Å²) in [6, 6.07) is 8.02. The first kappa shape index (κ1) is 35.5. The molecule has 2 aromatic rings. The number of aryl methyl sites for hydroxylation is 2. The molecule has 2 atom stereocenters. The largest absolute Gasteiger partial charge is 0.509 e. The quantitative estimate of drug-likeness (QED) is 0.163. The van der Waals surface area contributed by atoms with Crippen molar-refractivity contribution in [2.75, 3.05) is 13.2 Å². The Balaban J connectivity index is 2.38. The molecule has 0 aliphatic carbocycles. The van der Waals surface area contributed by atoms with Crippen molar-refractivity contribution in [1.29, 1.82) is 0 Å². The second-order valence-electron chi connectivity index (χ2n) is 12.3. The smallest absolute Gasteiger partial charge is 0.458 e. The molecule has 0 aliphatic heterocycles. The van der Waals surface area contributed by atoms with Crippen molar-refractivity contribution in [1.82, 2.24) is 0 Å². The summed E-state index contributed by atoms with van der Waals surface area (Å²) >= 11 is 1.96. The molecule has 0 bridgehead atoms. The van der Waals surface area contributed by atoms with Crippen molar-refractivity contribution >= 4 is 40.3 Å². The second-order valence-corrected chi connectivity index (χ2v) is 14.2. The molecule has 2 unspecified atom stereocenters. The van der Waals surface area contributed by atoms with Crippen LogP contribution in [0.5, 0.6) is 0 Å². The first-order valence-electron chi connectivity index (χ1n) is 14.2. The summed E-state index contributed by atoms with van der Waals surface area (Å²) in [7, 11) is 0. The lowest BCUT2D eigenvalue weighted by atomic mass is 9.85. The Morgan fingerprint density at radius 1 is 0.667 bits per heavy atom. The highest BCUT2D eigenvalue weighted by Gasteiger charge is 2.28. The van der Waals surface area contributed by atoms with Gasteiger partial charge in [0.2, 0.25) is 0 Å². The average molecular weight is 619 g/mol. The third kappa shape index (κ3) is 9.69. The van der Waals surface area contributed by atoms with E-state index in [1.54, 1.807) is 27.7 Å². The monoisotopic (exact) mass is 618 g/mol. The Bertz CT molecular complexity index is 1190. The van der Waals surface area contributed by atoms with Crippen molar-refractivity contribution in [3.8, 4) is 0 Å². The van der Waals surface area contributed by atoms with E-state index < -0.39 is 29.0 Å². The van der Waals surface area contributed by atoms with E-state index in [9.17, 15) is 14.4 Å². The number of hydrogen-bond acceptors (Lipinski definition) is 9. The van der Waals surface area contributed by atoms with Crippen molar-refractivity contribution in [2.45, 2.75) is 116 Å². The molecular weight excluding hydrogens is 572 g/mol. The average Bonchev–Trinajstić information content (AvgIpc) is 2.82. The van der Waals surface area contributed by atoms with Crippen LogP contribution in [0.2, 0.25) is 0 Å². The molecule has 0 amide bonds. The Hall–Kier alpha value is -2.65. The van der Waals surface area contributed by atoms with Crippen molar-refractivity contribution in [3.63, 3.8) is 0 Å². The Morgan fingerprint density at radius 3 is 1.29 bits per heavy atom. The van der Waals surface area contributed by atoms with Crippen LogP contribution in [0.25, 0.3) is 0 Å². The third-order valence-electron chi connectivity index (χ3n) is 6.70. The number of hydrogen-bond donors (Lipinski definition) is 0. The number of carbonyl (C=O) groups is 3. The molecule has 0 N–H and O–H groups in total. The molecule has 2 aromatic carbocycles. The maximum Gasteiger partial charge on any atom is 0.509 e. The summed E-state index contributed by atoms with van der Waals surface area (Å²) in [5.74, 6) is 0. The zero-order chi connectivity index (χ0) is 32.0. The van der Waals surface area contributed by atoms with Crippen LogP contribution in [0.15, 0.2) is 34.1 Å². The predicted molar refractivity (Wildman–Crippen MR) is 170 cm³/mol. The lowest BCUT2D eigenvalue weighted by Crippen LogP contribution is -2.18. The maximum absolute atomic E-state index is 13.1. The fraction of sp³-hybridized carbons (Fsp3) is 0.545. The van der Waals surface area contributed by atoms with Gasteiger partial charge in [0, 0.05) is 20.9 Å². The summed E-state index contributed by atoms with van der Waals surface area (Å²) in [5.41, 5.74) is 5.04. The number of rotatable bonds is 8. The summed E-state index contributed by atoms with van der Waals surface area (Å²) in [5, 5.41) is -0.846. The Labute approximate surface area is 259 Å². The highest BCUT2D eigenvalue weighted by Crippen LogP contribution is 2.40. The van der Waals surface area contributed by atoms with E-state index in [-0.39, 0.29) is 24.0 Å². The molecular formula is C33H46O7S2. The fourth-order valence-electron chi connectivity index (χ4n) is 4.52. The summed E-state index contributed by atoms with van der Waals surface area (Å²) in [6.07, 6.45) is -2.26. The Morgan fingerprint density at radius 2 is 1.00 bits per heavy atom. The molecule has 0 saturated carbocycles. The molecule has 0 fully saturated rings. The zero-order valence-corrected chi connectivity index (χ0v) is 28.7. The normalized spacial score (nSPS) is 13.2. The highest BCUT2D eigenvalue weighted by molar-refractivity contribution is 8.13. The van der Waals surface area contributed by atoms with E-state index in [0.29, 0.717) is 9.79 Å². The molecule has 232 valence electrons. The van der Waals surface area contributed by atoms with Gasteiger partial charge < -0.3 is 18.9 Å². The maximum atomic E-state index is 13.1. The van der Waals surface area contributed by atoms with E-state index in [1.807, 2.05) is 26.0 Å². The van der Waals surface area contributed by atoms with Crippen LogP contribution in [-0.4, -0.2) is 30.0 Å². The minimum absolute atomic E-state index is 0.147. The molecule has 7 nitrogen and oxygen atoms in total. The number of carbonyl (C=O) groups excluding carboxylic acids is 3. The van der Waals surface area contributed by atoms with Gasteiger partial charge in [-0.3, -0.25) is 0 Å². The van der Waals surface area contributed by atoms with E-state index in [2.05, 4.69) is 53.7 Å². The molecule has 0 saturated heterocycles. The van der Waals surface area contributed by atoms with E-state index >= 15 is 0 Å². The van der Waals surface area contributed by atoms with Crippen LogP contribution in [-0.2, 0) is 29.8 Å². The van der Waals surface area contributed by atoms with Crippen molar-refractivity contribution < 1.29 is 33.3 Å². The first-order chi connectivity index (χ1) is 19.4. The van der Waals surface area contributed by atoms with E-state index in [0.717, 1.165) is 56.9 Å². The lowest BCUT2D eigenvalue weighted by Gasteiger charge is -2.26. The number of benzene rings is 2. The standard InChI is InChI=1S/C33H46O7S2/c1-13-37-30(35)41-25-17-23(32(7,8)9)15-19(3)27(25)21(5)39-29(34)40-22(6)28-20(4)16-24(33(10,11)12)18-26(28)42-31(36)38-14-2/h15-18,21-22H,13-14H2,1-12H3. The van der Waals surface area contributed by atoms with Crippen molar-refractivity contribution in [2.24, 2.45) is 0 Å². The van der Waals surface area contributed by atoms with Crippen molar-refractivity contribution in [3.05, 3.63) is 57.6 Å². The van der Waals surface area contributed by atoms with Gasteiger partial charge in [0.25, 0.3) is 0 Å². The molecule has 0 spiro atoms. The van der Waals surface area contributed by atoms with Gasteiger partial charge in [-0.25, -0.2) is 14.4 Å². The van der Waals surface area contributed by atoms with Gasteiger partial charge in [0.15, 0.2) is 0 Å². The molecule has 0 radical (unpaired) electrons. The third-order valence-corrected chi connectivity index (χ3v) is 8.38. The van der Waals surface area contributed by atoms with E-state index in [1.165, 1.54) is 0 Å². The van der Waals surface area contributed by atoms with Crippen LogP contribution in [0.1, 0.15) is 115 Å². The van der Waals surface area contributed by atoms with E-state index in [4.69, 9.17) is 18.9 Å². The van der Waals surface area contributed by atoms with Crippen LogP contribution in [0, 0.1) is 13.8 Å². The second kappa shape index (κ2) is 14.7. The van der Waals surface area contributed by atoms with Gasteiger partial charge in [-0.15, -0.1) is 0 Å². The minimum atomic E-state index is -0.854. The Kier molecular flexibility index (Phi) is 12.4. The number of ether oxygens (including phenoxy) is 4. The first-order valence-corrected chi connectivity index (χ1v) is 15.9. The molecule has 9 heteroatoms. The van der Waals surface area contributed by atoms with Crippen LogP contribution in [0.3, 0.4) is 0 Å². The predicted octanol–water partition coefficient (Wildman–Crippen LogP) is 10.4. The van der Waals surface area contributed by atoms with Crippen LogP contribution < -0.4 is 0 Å². The lowest BCUT2D eigenvalue weighted by molar-refractivity contribution is 0.00478. The fourth-order valence-corrected chi connectivity index (χ4v) is 6.48. The highest BCUT2D eigenvalue weighted by atomic mass is 32.2. The molecule has 0 heterocycles.